The summed E-state index contributed by atoms with van der Waals surface area (Å²) < 4.78 is 0. The van der Waals surface area contributed by atoms with E-state index in [2.05, 4.69) is 6.58 Å². The molecule has 2 fully saturated rings. The molecule has 2 unspecified atom stereocenters. The highest BCUT2D eigenvalue weighted by Gasteiger charge is 2.42. The standard InChI is InChI=1S/C12H19NO2/c1-2-3-4-12(15)13-9-5-6-10(13)8-11(14)7-9/h2,9-11,14H,1,3-8H2. The summed E-state index contributed by atoms with van der Waals surface area (Å²) in [6.07, 6.45) is 6.63. The first-order valence-corrected chi connectivity index (χ1v) is 5.82. The van der Waals surface area contributed by atoms with E-state index in [-0.39, 0.29) is 12.0 Å². The van der Waals surface area contributed by atoms with Crippen LogP contribution in [0.4, 0.5) is 0 Å². The van der Waals surface area contributed by atoms with Crippen LogP contribution in [0, 0.1) is 0 Å². The van der Waals surface area contributed by atoms with E-state index in [1.165, 1.54) is 0 Å². The van der Waals surface area contributed by atoms with Gasteiger partial charge in [0.1, 0.15) is 0 Å². The molecule has 0 aromatic carbocycles. The third-order valence-electron chi connectivity index (χ3n) is 3.56. The van der Waals surface area contributed by atoms with Crippen molar-refractivity contribution < 1.29 is 9.90 Å². The molecule has 0 aliphatic carbocycles. The van der Waals surface area contributed by atoms with Crippen LogP contribution in [0.2, 0.25) is 0 Å². The van der Waals surface area contributed by atoms with E-state index in [0.29, 0.717) is 18.5 Å². The summed E-state index contributed by atoms with van der Waals surface area (Å²) in [7, 11) is 0. The molecular weight excluding hydrogens is 190 g/mol. The van der Waals surface area contributed by atoms with Gasteiger partial charge in [-0.1, -0.05) is 6.08 Å². The Balaban J connectivity index is 1.98. The summed E-state index contributed by atoms with van der Waals surface area (Å²) >= 11 is 0. The lowest BCUT2D eigenvalue weighted by molar-refractivity contribution is -0.137. The lowest BCUT2D eigenvalue weighted by Gasteiger charge is -2.37. The molecule has 84 valence electrons. The van der Waals surface area contributed by atoms with Crippen LogP contribution in [0.1, 0.15) is 38.5 Å². The Bertz CT molecular complexity index is 250. The van der Waals surface area contributed by atoms with Gasteiger partial charge in [0.2, 0.25) is 5.91 Å². The van der Waals surface area contributed by atoms with Gasteiger partial charge in [0.05, 0.1) is 6.10 Å². The summed E-state index contributed by atoms with van der Waals surface area (Å²) in [4.78, 5) is 13.9. The average Bonchev–Trinajstić information content (AvgIpc) is 2.48. The van der Waals surface area contributed by atoms with Crippen molar-refractivity contribution in [2.45, 2.75) is 56.7 Å². The molecule has 0 radical (unpaired) electrons. The molecule has 2 saturated heterocycles. The van der Waals surface area contributed by atoms with Crippen molar-refractivity contribution in [2.24, 2.45) is 0 Å². The first-order valence-electron chi connectivity index (χ1n) is 5.82. The van der Waals surface area contributed by atoms with Crippen molar-refractivity contribution in [1.82, 2.24) is 4.90 Å². The van der Waals surface area contributed by atoms with E-state index >= 15 is 0 Å². The number of rotatable bonds is 3. The molecule has 2 aliphatic rings. The minimum atomic E-state index is -0.189. The number of piperidine rings is 1. The van der Waals surface area contributed by atoms with Gasteiger partial charge >= 0.3 is 0 Å². The molecule has 2 heterocycles. The Labute approximate surface area is 90.8 Å². The minimum absolute atomic E-state index is 0.189. The predicted molar refractivity (Wildman–Crippen MR) is 58.3 cm³/mol. The molecule has 2 bridgehead atoms. The number of allylic oxidation sites excluding steroid dienone is 1. The first-order chi connectivity index (χ1) is 7.22. The van der Waals surface area contributed by atoms with Gasteiger partial charge in [-0.25, -0.2) is 0 Å². The van der Waals surface area contributed by atoms with Gasteiger partial charge in [0.15, 0.2) is 0 Å². The summed E-state index contributed by atoms with van der Waals surface area (Å²) in [5, 5.41) is 9.61. The number of hydrogen-bond donors (Lipinski definition) is 1. The largest absolute Gasteiger partial charge is 0.393 e. The quantitative estimate of drug-likeness (QED) is 0.715. The highest BCUT2D eigenvalue weighted by molar-refractivity contribution is 5.77. The molecule has 3 heteroatoms. The van der Waals surface area contributed by atoms with E-state index in [4.69, 9.17) is 0 Å². The molecule has 0 spiro atoms. The number of carbonyl (C=O) groups excluding carboxylic acids is 1. The van der Waals surface area contributed by atoms with Crippen molar-refractivity contribution in [3.05, 3.63) is 12.7 Å². The zero-order valence-electron chi connectivity index (χ0n) is 9.06. The smallest absolute Gasteiger partial charge is 0.223 e. The lowest BCUT2D eigenvalue weighted by atomic mass is 9.99. The van der Waals surface area contributed by atoms with E-state index < -0.39 is 0 Å². The Morgan fingerprint density at radius 2 is 2.00 bits per heavy atom. The molecule has 2 atom stereocenters. The van der Waals surface area contributed by atoms with E-state index in [9.17, 15) is 9.90 Å². The zero-order valence-corrected chi connectivity index (χ0v) is 9.06. The number of aliphatic hydroxyl groups is 1. The van der Waals surface area contributed by atoms with Crippen LogP contribution < -0.4 is 0 Å². The molecule has 1 N–H and O–H groups in total. The fraction of sp³-hybridized carbons (Fsp3) is 0.750. The predicted octanol–water partition coefficient (Wildman–Crippen LogP) is 1.47. The molecule has 2 aliphatic heterocycles. The summed E-state index contributed by atoms with van der Waals surface area (Å²) in [6, 6.07) is 0.604. The maximum Gasteiger partial charge on any atom is 0.223 e. The van der Waals surface area contributed by atoms with Crippen LogP contribution in [0.15, 0.2) is 12.7 Å². The van der Waals surface area contributed by atoms with E-state index in [1.54, 1.807) is 6.08 Å². The SMILES string of the molecule is C=CCCC(=O)N1C2CCC1CC(O)C2. The number of aliphatic hydroxyl groups excluding tert-OH is 1. The highest BCUT2D eigenvalue weighted by atomic mass is 16.3. The molecule has 0 aromatic heterocycles. The Kier molecular flexibility index (Phi) is 3.10. The van der Waals surface area contributed by atoms with Gasteiger partial charge < -0.3 is 10.0 Å². The molecule has 15 heavy (non-hydrogen) atoms. The van der Waals surface area contributed by atoms with Gasteiger partial charge in [-0.05, 0) is 32.1 Å². The monoisotopic (exact) mass is 209 g/mol. The highest BCUT2D eigenvalue weighted by Crippen LogP contribution is 2.36. The molecule has 0 saturated carbocycles. The van der Waals surface area contributed by atoms with Gasteiger partial charge in [-0.3, -0.25) is 4.79 Å². The fourth-order valence-electron chi connectivity index (χ4n) is 2.91. The molecule has 2 rings (SSSR count). The minimum Gasteiger partial charge on any atom is -0.393 e. The third kappa shape index (κ3) is 2.07. The molecule has 0 aromatic rings. The second-order valence-corrected chi connectivity index (χ2v) is 4.64. The van der Waals surface area contributed by atoms with Crippen LogP contribution in [-0.4, -0.2) is 34.1 Å². The van der Waals surface area contributed by atoms with Gasteiger partial charge in [0.25, 0.3) is 0 Å². The Hall–Kier alpha value is -0.830. The lowest BCUT2D eigenvalue weighted by Crippen LogP contribution is -2.47. The van der Waals surface area contributed by atoms with Crippen LogP contribution in [0.5, 0.6) is 0 Å². The van der Waals surface area contributed by atoms with Crippen LogP contribution in [-0.2, 0) is 4.79 Å². The van der Waals surface area contributed by atoms with Gasteiger partial charge in [-0.2, -0.15) is 0 Å². The van der Waals surface area contributed by atoms with Crippen molar-refractivity contribution >= 4 is 5.91 Å². The second-order valence-electron chi connectivity index (χ2n) is 4.64. The Morgan fingerprint density at radius 3 is 2.53 bits per heavy atom. The van der Waals surface area contributed by atoms with Gasteiger partial charge in [0, 0.05) is 18.5 Å². The van der Waals surface area contributed by atoms with Crippen molar-refractivity contribution in [2.75, 3.05) is 0 Å². The number of amides is 1. The molecule has 1 amide bonds. The fourth-order valence-corrected chi connectivity index (χ4v) is 2.91. The number of fused-ring (bicyclic) bond motifs is 2. The third-order valence-corrected chi connectivity index (χ3v) is 3.56. The average molecular weight is 209 g/mol. The van der Waals surface area contributed by atoms with E-state index in [1.807, 2.05) is 4.90 Å². The van der Waals surface area contributed by atoms with Crippen molar-refractivity contribution in [3.63, 3.8) is 0 Å². The second kappa shape index (κ2) is 4.35. The summed E-state index contributed by atoms with van der Waals surface area (Å²) in [5.74, 6) is 0.245. The van der Waals surface area contributed by atoms with Crippen molar-refractivity contribution in [3.8, 4) is 0 Å². The van der Waals surface area contributed by atoms with Crippen molar-refractivity contribution in [1.29, 1.82) is 0 Å². The summed E-state index contributed by atoms with van der Waals surface area (Å²) in [6.45, 7) is 3.63. The molecular formula is C12H19NO2. The summed E-state index contributed by atoms with van der Waals surface area (Å²) in [5.41, 5.74) is 0. The maximum absolute atomic E-state index is 11.9. The number of carbonyl (C=O) groups is 1. The van der Waals surface area contributed by atoms with Crippen LogP contribution in [0.25, 0.3) is 0 Å². The normalized spacial score (nSPS) is 34.2. The van der Waals surface area contributed by atoms with E-state index in [0.717, 1.165) is 32.1 Å². The number of nitrogens with zero attached hydrogens (tertiary/aromatic N) is 1. The topological polar surface area (TPSA) is 40.5 Å². The molecule has 3 nitrogen and oxygen atoms in total. The number of hydrogen-bond acceptors (Lipinski definition) is 2. The first kappa shape index (κ1) is 10.7. The Morgan fingerprint density at radius 1 is 1.40 bits per heavy atom. The van der Waals surface area contributed by atoms with Crippen LogP contribution in [0.3, 0.4) is 0 Å². The zero-order chi connectivity index (χ0) is 10.8. The van der Waals surface area contributed by atoms with Crippen LogP contribution >= 0.6 is 0 Å². The van der Waals surface area contributed by atoms with Gasteiger partial charge in [-0.15, -0.1) is 6.58 Å². The maximum atomic E-state index is 11.9.